The summed E-state index contributed by atoms with van der Waals surface area (Å²) in [7, 11) is 0. The average Bonchev–Trinajstić information content (AvgIpc) is 3.16. The molecule has 1 amide bonds. The molecule has 11 heteroatoms. The number of rotatable bonds is 8. The second kappa shape index (κ2) is 11.9. The fourth-order valence-electron chi connectivity index (χ4n) is 4.82. The molecule has 1 fully saturated rings. The van der Waals surface area contributed by atoms with Gasteiger partial charge in [-0.2, -0.15) is 13.2 Å². The highest BCUT2D eigenvalue weighted by molar-refractivity contribution is 7.12. The number of fused-ring (bicyclic) bond motifs is 1. The first-order chi connectivity index (χ1) is 17.6. The number of alkyl halides is 4. The summed E-state index contributed by atoms with van der Waals surface area (Å²) in [5.41, 5.74) is 0.480. The van der Waals surface area contributed by atoms with Crippen molar-refractivity contribution in [3.05, 3.63) is 45.5 Å². The van der Waals surface area contributed by atoms with E-state index in [1.165, 1.54) is 23.5 Å². The van der Waals surface area contributed by atoms with Crippen LogP contribution < -0.4 is 10.1 Å². The maximum Gasteiger partial charge on any atom is 0.422 e. The molecule has 0 bridgehead atoms. The third kappa shape index (κ3) is 8.49. The topological polar surface area (TPSA) is 67.4 Å². The van der Waals surface area contributed by atoms with Crippen LogP contribution in [0, 0.1) is 6.92 Å². The van der Waals surface area contributed by atoms with E-state index in [0.29, 0.717) is 58.0 Å². The Bertz CT molecular complexity index is 1100. The van der Waals surface area contributed by atoms with Crippen molar-refractivity contribution in [2.24, 2.45) is 0 Å². The molecular formula is C26H32F4N4O2S. The fraction of sp³-hybridized carbons (Fsp3) is 0.577. The Morgan fingerprint density at radius 2 is 2.03 bits per heavy atom. The maximum absolute atomic E-state index is 15.5. The molecular weight excluding hydrogens is 508 g/mol. The van der Waals surface area contributed by atoms with Crippen molar-refractivity contribution in [1.82, 2.24) is 20.2 Å². The number of halogens is 4. The lowest BCUT2D eigenvalue weighted by molar-refractivity contribution is -0.154. The van der Waals surface area contributed by atoms with Gasteiger partial charge in [0.15, 0.2) is 6.61 Å². The first-order valence-electron chi connectivity index (χ1n) is 12.6. The van der Waals surface area contributed by atoms with Gasteiger partial charge in [0.05, 0.1) is 5.01 Å². The number of hydrogen-bond donors (Lipinski definition) is 1. The summed E-state index contributed by atoms with van der Waals surface area (Å²) >= 11 is 1.52. The minimum atomic E-state index is -4.41. The summed E-state index contributed by atoms with van der Waals surface area (Å²) in [6, 6.07) is 3.22. The van der Waals surface area contributed by atoms with Crippen molar-refractivity contribution >= 4 is 23.3 Å². The van der Waals surface area contributed by atoms with E-state index in [4.69, 9.17) is 4.74 Å². The van der Waals surface area contributed by atoms with Crippen molar-refractivity contribution in [3.8, 4) is 5.88 Å². The van der Waals surface area contributed by atoms with Crippen LogP contribution in [0.1, 0.15) is 53.2 Å². The Balaban J connectivity index is 1.19. The van der Waals surface area contributed by atoms with Crippen LogP contribution in [-0.4, -0.2) is 64.9 Å². The van der Waals surface area contributed by atoms with Gasteiger partial charge in [0.2, 0.25) is 11.8 Å². The van der Waals surface area contributed by atoms with Crippen molar-refractivity contribution < 1.29 is 27.1 Å². The van der Waals surface area contributed by atoms with Gasteiger partial charge in [-0.25, -0.2) is 14.4 Å². The van der Waals surface area contributed by atoms with E-state index in [-0.39, 0.29) is 17.8 Å². The van der Waals surface area contributed by atoms with Gasteiger partial charge in [-0.1, -0.05) is 6.07 Å². The molecule has 1 saturated carbocycles. The normalized spacial score (nSPS) is 23.0. The van der Waals surface area contributed by atoms with Gasteiger partial charge in [0, 0.05) is 61.0 Å². The standard InChI is InChI=1S/C26H32F4N4O2S/c1-18-31-16-21(37-18)3-4-23(35)32-20-6-10-25(27,11-7-20)12-15-34-13-8-19-2-5-24(33-22(19)9-14-34)36-17-26(28,29)30/h2-5,16,20H,6-15,17H2,1H3,(H,32,35)/b4-3+. The molecule has 1 N–H and O–H groups in total. The summed E-state index contributed by atoms with van der Waals surface area (Å²) in [5, 5.41) is 3.92. The van der Waals surface area contributed by atoms with Gasteiger partial charge < -0.3 is 15.0 Å². The van der Waals surface area contributed by atoms with Crippen LogP contribution in [-0.2, 0) is 17.6 Å². The molecule has 0 saturated heterocycles. The van der Waals surface area contributed by atoms with Crippen LogP contribution >= 0.6 is 11.3 Å². The molecule has 2 aromatic rings. The van der Waals surface area contributed by atoms with Gasteiger partial charge in [-0.3, -0.25) is 4.79 Å². The number of amides is 1. The first-order valence-corrected chi connectivity index (χ1v) is 13.4. The smallest absolute Gasteiger partial charge is 0.422 e. The van der Waals surface area contributed by atoms with Crippen LogP contribution in [0.3, 0.4) is 0 Å². The molecule has 0 aromatic carbocycles. The van der Waals surface area contributed by atoms with E-state index in [2.05, 4.69) is 20.2 Å². The monoisotopic (exact) mass is 540 g/mol. The van der Waals surface area contributed by atoms with Gasteiger partial charge in [0.1, 0.15) is 5.67 Å². The fourth-order valence-corrected chi connectivity index (χ4v) is 5.51. The second-order valence-corrected chi connectivity index (χ2v) is 11.1. The minimum absolute atomic E-state index is 0.0230. The Labute approximate surface area is 218 Å². The van der Waals surface area contributed by atoms with E-state index in [1.807, 2.05) is 6.92 Å². The van der Waals surface area contributed by atoms with Crippen molar-refractivity contribution in [3.63, 3.8) is 0 Å². The molecule has 1 aliphatic carbocycles. The summed E-state index contributed by atoms with van der Waals surface area (Å²) in [4.78, 5) is 23.8. The lowest BCUT2D eigenvalue weighted by Gasteiger charge is -2.35. The molecule has 37 heavy (non-hydrogen) atoms. The zero-order valence-corrected chi connectivity index (χ0v) is 21.6. The molecule has 2 aliphatic rings. The number of aromatic nitrogens is 2. The van der Waals surface area contributed by atoms with Crippen molar-refractivity contribution in [1.29, 1.82) is 0 Å². The molecule has 0 unspecified atom stereocenters. The SMILES string of the molecule is Cc1ncc(/C=C/C(=O)NC2CCC(F)(CCN3CCc4ccc(OCC(F)(F)F)nc4CC3)CC2)s1. The Morgan fingerprint density at radius 3 is 2.73 bits per heavy atom. The van der Waals surface area contributed by atoms with Crippen LogP contribution in [0.2, 0.25) is 0 Å². The largest absolute Gasteiger partial charge is 0.468 e. The average molecular weight is 541 g/mol. The summed E-state index contributed by atoms with van der Waals surface area (Å²) in [6.07, 6.45) is 4.30. The second-order valence-electron chi connectivity index (χ2n) is 9.80. The number of aryl methyl sites for hydroxylation is 1. The number of carbonyl (C=O) groups excluding carboxylic acids is 1. The molecule has 3 heterocycles. The summed E-state index contributed by atoms with van der Waals surface area (Å²) < 4.78 is 57.6. The molecule has 6 nitrogen and oxygen atoms in total. The van der Waals surface area contributed by atoms with E-state index >= 15 is 4.39 Å². The van der Waals surface area contributed by atoms with E-state index in [1.54, 1.807) is 18.3 Å². The molecule has 0 spiro atoms. The Hall–Kier alpha value is -2.53. The van der Waals surface area contributed by atoms with Crippen LogP contribution in [0.25, 0.3) is 6.08 Å². The third-order valence-corrected chi connectivity index (χ3v) is 7.81. The summed E-state index contributed by atoms with van der Waals surface area (Å²) in [6.45, 7) is 2.57. The number of pyridine rings is 1. The molecule has 1 aliphatic heterocycles. The predicted octanol–water partition coefficient (Wildman–Crippen LogP) is 5.06. The van der Waals surface area contributed by atoms with Crippen LogP contribution in [0.4, 0.5) is 17.6 Å². The van der Waals surface area contributed by atoms with Gasteiger partial charge in [-0.15, -0.1) is 11.3 Å². The van der Waals surface area contributed by atoms with Gasteiger partial charge >= 0.3 is 6.18 Å². The molecule has 0 radical (unpaired) electrons. The quantitative estimate of drug-likeness (QED) is 0.375. The number of thiazole rings is 1. The summed E-state index contributed by atoms with van der Waals surface area (Å²) in [5.74, 6) is -0.197. The van der Waals surface area contributed by atoms with Crippen molar-refractivity contribution in [2.75, 3.05) is 26.2 Å². The Kier molecular flexibility index (Phi) is 8.84. The van der Waals surface area contributed by atoms with Gasteiger partial charge in [0.25, 0.3) is 0 Å². The molecule has 4 rings (SSSR count). The predicted molar refractivity (Wildman–Crippen MR) is 134 cm³/mol. The first kappa shape index (κ1) is 27.5. The van der Waals surface area contributed by atoms with Gasteiger partial charge in [-0.05, 0) is 57.1 Å². The lowest BCUT2D eigenvalue weighted by atomic mass is 9.81. The van der Waals surface area contributed by atoms with Crippen LogP contribution in [0.5, 0.6) is 5.88 Å². The number of carbonyl (C=O) groups is 1. The van der Waals surface area contributed by atoms with E-state index < -0.39 is 18.5 Å². The van der Waals surface area contributed by atoms with E-state index in [0.717, 1.165) is 27.7 Å². The lowest BCUT2D eigenvalue weighted by Crippen LogP contribution is -2.42. The number of nitrogens with zero attached hydrogens (tertiary/aromatic N) is 3. The zero-order valence-electron chi connectivity index (χ0n) is 20.8. The molecule has 202 valence electrons. The van der Waals surface area contributed by atoms with Crippen molar-refractivity contribution in [2.45, 2.75) is 69.8 Å². The minimum Gasteiger partial charge on any atom is -0.468 e. The number of ether oxygens (including phenoxy) is 1. The van der Waals surface area contributed by atoms with E-state index in [9.17, 15) is 18.0 Å². The highest BCUT2D eigenvalue weighted by Crippen LogP contribution is 2.35. The Morgan fingerprint density at radius 1 is 1.27 bits per heavy atom. The zero-order chi connectivity index (χ0) is 26.5. The highest BCUT2D eigenvalue weighted by atomic mass is 32.1. The third-order valence-electron chi connectivity index (χ3n) is 6.93. The van der Waals surface area contributed by atoms with Crippen LogP contribution in [0.15, 0.2) is 24.4 Å². The number of hydrogen-bond acceptors (Lipinski definition) is 6. The molecule has 0 atom stereocenters. The highest BCUT2D eigenvalue weighted by Gasteiger charge is 2.36. The molecule has 2 aromatic heterocycles. The number of nitrogens with one attached hydrogen (secondary N) is 1. The maximum atomic E-state index is 15.5.